The van der Waals surface area contributed by atoms with E-state index in [-0.39, 0.29) is 22.6 Å². The van der Waals surface area contributed by atoms with Crippen LogP contribution >= 0.6 is 0 Å². The van der Waals surface area contributed by atoms with Crippen LogP contribution in [0.5, 0.6) is 0 Å². The largest absolute Gasteiger partial charge is 0.507 e. The molecule has 1 aromatic heterocycles. The second-order valence-corrected chi connectivity index (χ2v) is 7.28. The molecule has 0 bridgehead atoms. The number of nitro benzene ring substituents is 1. The SMILES string of the molecule is Cc1ccc(N2C(=O)C(=O)/C(=C(\O)c3cccc([N+](=O)[O-])c3)C2c2ccco2)c(C)c1. The molecule has 0 saturated carbocycles. The van der Waals surface area contributed by atoms with Gasteiger partial charge in [0.05, 0.1) is 16.8 Å². The maximum Gasteiger partial charge on any atom is 0.300 e. The molecule has 8 heteroatoms. The Morgan fingerprint density at radius 1 is 1.10 bits per heavy atom. The van der Waals surface area contributed by atoms with Gasteiger partial charge in [0.1, 0.15) is 17.6 Å². The molecule has 1 N–H and O–H groups in total. The van der Waals surface area contributed by atoms with Crippen LogP contribution in [0.15, 0.2) is 70.9 Å². The fourth-order valence-electron chi connectivity index (χ4n) is 3.79. The van der Waals surface area contributed by atoms with Gasteiger partial charge in [-0.2, -0.15) is 0 Å². The smallest absolute Gasteiger partial charge is 0.300 e. The third-order valence-electron chi connectivity index (χ3n) is 5.20. The third-order valence-corrected chi connectivity index (χ3v) is 5.20. The zero-order valence-electron chi connectivity index (χ0n) is 16.7. The van der Waals surface area contributed by atoms with E-state index in [9.17, 15) is 24.8 Å². The van der Waals surface area contributed by atoms with E-state index in [2.05, 4.69) is 0 Å². The van der Waals surface area contributed by atoms with E-state index < -0.39 is 28.4 Å². The molecule has 4 rings (SSSR count). The van der Waals surface area contributed by atoms with Crippen molar-refractivity contribution in [3.05, 3.63) is 99.0 Å². The molecule has 1 fully saturated rings. The Morgan fingerprint density at radius 2 is 1.87 bits per heavy atom. The van der Waals surface area contributed by atoms with Gasteiger partial charge in [-0.05, 0) is 37.6 Å². The Labute approximate surface area is 177 Å². The lowest BCUT2D eigenvalue weighted by atomic mass is 9.98. The highest BCUT2D eigenvalue weighted by Gasteiger charge is 2.48. The molecular weight excluding hydrogens is 400 g/mol. The Morgan fingerprint density at radius 3 is 2.52 bits per heavy atom. The number of non-ortho nitro benzene ring substituents is 1. The number of rotatable bonds is 4. The van der Waals surface area contributed by atoms with Crippen molar-refractivity contribution < 1.29 is 24.0 Å². The van der Waals surface area contributed by atoms with Crippen molar-refractivity contribution in [3.8, 4) is 0 Å². The molecule has 1 aliphatic rings. The molecule has 0 aliphatic carbocycles. The number of aliphatic hydroxyl groups excluding tert-OH is 1. The maximum atomic E-state index is 13.1. The van der Waals surface area contributed by atoms with Crippen molar-refractivity contribution in [1.82, 2.24) is 0 Å². The predicted octanol–water partition coefficient (Wildman–Crippen LogP) is 4.43. The van der Waals surface area contributed by atoms with Crippen molar-refractivity contribution >= 4 is 28.8 Å². The van der Waals surface area contributed by atoms with E-state index in [1.807, 2.05) is 26.0 Å². The highest BCUT2D eigenvalue weighted by Crippen LogP contribution is 2.43. The number of furan rings is 1. The third kappa shape index (κ3) is 3.38. The summed E-state index contributed by atoms with van der Waals surface area (Å²) in [6.07, 6.45) is 1.41. The monoisotopic (exact) mass is 418 g/mol. The Balaban J connectivity index is 1.94. The first-order valence-corrected chi connectivity index (χ1v) is 9.46. The van der Waals surface area contributed by atoms with Crippen LogP contribution < -0.4 is 4.90 Å². The van der Waals surface area contributed by atoms with Gasteiger partial charge in [0, 0.05) is 23.4 Å². The van der Waals surface area contributed by atoms with Gasteiger partial charge >= 0.3 is 0 Å². The number of Topliss-reactive ketones (excluding diaryl/α,β-unsaturated/α-hetero) is 1. The number of anilines is 1. The van der Waals surface area contributed by atoms with Gasteiger partial charge in [-0.15, -0.1) is 0 Å². The average Bonchev–Trinajstić information content (AvgIpc) is 3.35. The molecule has 1 saturated heterocycles. The van der Waals surface area contributed by atoms with Gasteiger partial charge < -0.3 is 9.52 Å². The minimum absolute atomic E-state index is 0.0596. The number of nitro groups is 1. The Kier molecular flexibility index (Phi) is 4.90. The molecule has 3 aromatic rings. The molecule has 8 nitrogen and oxygen atoms in total. The fraction of sp³-hybridized carbons (Fsp3) is 0.130. The zero-order chi connectivity index (χ0) is 22.3. The predicted molar refractivity (Wildman–Crippen MR) is 113 cm³/mol. The Bertz CT molecular complexity index is 1240. The molecule has 0 spiro atoms. The summed E-state index contributed by atoms with van der Waals surface area (Å²) < 4.78 is 5.51. The fourth-order valence-corrected chi connectivity index (χ4v) is 3.79. The van der Waals surface area contributed by atoms with Crippen LogP contribution in [-0.4, -0.2) is 21.7 Å². The second-order valence-electron chi connectivity index (χ2n) is 7.28. The maximum absolute atomic E-state index is 13.1. The van der Waals surface area contributed by atoms with Crippen LogP contribution in [0.3, 0.4) is 0 Å². The van der Waals surface area contributed by atoms with E-state index >= 15 is 0 Å². The quantitative estimate of drug-likeness (QED) is 0.220. The van der Waals surface area contributed by atoms with Crippen LogP contribution in [0.25, 0.3) is 5.76 Å². The summed E-state index contributed by atoms with van der Waals surface area (Å²) in [7, 11) is 0. The minimum Gasteiger partial charge on any atom is -0.507 e. The van der Waals surface area contributed by atoms with Gasteiger partial charge in [-0.1, -0.05) is 29.8 Å². The van der Waals surface area contributed by atoms with E-state index in [1.54, 1.807) is 18.2 Å². The lowest BCUT2D eigenvalue weighted by molar-refractivity contribution is -0.384. The van der Waals surface area contributed by atoms with Gasteiger partial charge in [-0.25, -0.2) is 0 Å². The molecule has 1 aliphatic heterocycles. The second kappa shape index (κ2) is 7.56. The van der Waals surface area contributed by atoms with Gasteiger partial charge in [-0.3, -0.25) is 24.6 Å². The number of benzene rings is 2. The molecule has 1 unspecified atom stereocenters. The van der Waals surface area contributed by atoms with Crippen molar-refractivity contribution in [2.45, 2.75) is 19.9 Å². The van der Waals surface area contributed by atoms with Crippen molar-refractivity contribution in [2.24, 2.45) is 0 Å². The number of hydrogen-bond donors (Lipinski definition) is 1. The number of ketones is 1. The topological polar surface area (TPSA) is 114 Å². The first-order chi connectivity index (χ1) is 14.8. The van der Waals surface area contributed by atoms with Gasteiger partial charge in [0.15, 0.2) is 0 Å². The molecule has 31 heavy (non-hydrogen) atoms. The number of hydrogen-bond acceptors (Lipinski definition) is 6. The van der Waals surface area contributed by atoms with Crippen LogP contribution in [0.4, 0.5) is 11.4 Å². The van der Waals surface area contributed by atoms with Crippen LogP contribution in [0.2, 0.25) is 0 Å². The number of carbonyl (C=O) groups is 2. The van der Waals surface area contributed by atoms with E-state index in [4.69, 9.17) is 4.42 Å². The lowest BCUT2D eigenvalue weighted by Crippen LogP contribution is -2.30. The first-order valence-electron chi connectivity index (χ1n) is 9.46. The van der Waals surface area contributed by atoms with Crippen LogP contribution in [-0.2, 0) is 9.59 Å². The highest BCUT2D eigenvalue weighted by atomic mass is 16.6. The zero-order valence-corrected chi connectivity index (χ0v) is 16.7. The lowest BCUT2D eigenvalue weighted by Gasteiger charge is -2.25. The average molecular weight is 418 g/mol. The molecule has 2 heterocycles. The van der Waals surface area contributed by atoms with Crippen LogP contribution in [0, 0.1) is 24.0 Å². The van der Waals surface area contributed by atoms with Crippen LogP contribution in [0.1, 0.15) is 28.5 Å². The number of nitrogens with zero attached hydrogens (tertiary/aromatic N) is 2. The molecule has 156 valence electrons. The minimum atomic E-state index is -1.02. The number of amides is 1. The summed E-state index contributed by atoms with van der Waals surface area (Å²) in [5.41, 5.74) is 1.89. The summed E-state index contributed by atoms with van der Waals surface area (Å²) in [4.78, 5) is 37.9. The first kappa shape index (κ1) is 20.1. The van der Waals surface area contributed by atoms with E-state index in [0.29, 0.717) is 5.69 Å². The van der Waals surface area contributed by atoms with Crippen molar-refractivity contribution in [1.29, 1.82) is 0 Å². The molecule has 1 amide bonds. The van der Waals surface area contributed by atoms with E-state index in [0.717, 1.165) is 17.2 Å². The number of aryl methyl sites for hydroxylation is 2. The number of aliphatic hydroxyl groups is 1. The normalized spacial score (nSPS) is 17.9. The summed E-state index contributed by atoms with van der Waals surface area (Å²) in [6.45, 7) is 3.73. The summed E-state index contributed by atoms with van der Waals surface area (Å²) >= 11 is 0. The van der Waals surface area contributed by atoms with Crippen molar-refractivity contribution in [3.63, 3.8) is 0 Å². The summed E-state index contributed by atoms with van der Waals surface area (Å²) in [5, 5.41) is 22.1. The van der Waals surface area contributed by atoms with E-state index in [1.165, 1.54) is 29.4 Å². The van der Waals surface area contributed by atoms with Gasteiger partial charge in [0.25, 0.3) is 17.4 Å². The highest BCUT2D eigenvalue weighted by molar-refractivity contribution is 6.51. The molecule has 1 atom stereocenters. The summed E-state index contributed by atoms with van der Waals surface area (Å²) in [5.74, 6) is -1.94. The molecule has 0 radical (unpaired) electrons. The molecule has 2 aromatic carbocycles. The van der Waals surface area contributed by atoms with Gasteiger partial charge in [0.2, 0.25) is 0 Å². The number of carbonyl (C=O) groups excluding carboxylic acids is 2. The Hall–Kier alpha value is -4.20. The standard InChI is InChI=1S/C23H18N2O6/c1-13-8-9-17(14(2)11-13)24-20(18-7-4-10-31-18)19(22(27)23(24)28)21(26)15-5-3-6-16(12-15)25(29)30/h3-12,20,26H,1-2H3/b21-19-. The summed E-state index contributed by atoms with van der Waals surface area (Å²) in [6, 6.07) is 12.9. The molecular formula is C23H18N2O6. The van der Waals surface area contributed by atoms with Crippen molar-refractivity contribution in [2.75, 3.05) is 4.90 Å².